The predicted octanol–water partition coefficient (Wildman–Crippen LogP) is 0.557. The van der Waals surface area contributed by atoms with Crippen LogP contribution in [0.15, 0.2) is 24.3 Å². The van der Waals surface area contributed by atoms with E-state index in [4.69, 9.17) is 9.84 Å². The fraction of sp³-hybridized carbons (Fsp3) is 0.375. The van der Waals surface area contributed by atoms with E-state index in [-0.39, 0.29) is 32.0 Å². The quantitative estimate of drug-likeness (QED) is 0.660. The van der Waals surface area contributed by atoms with Crippen LogP contribution in [0.1, 0.15) is 18.9 Å². The van der Waals surface area contributed by atoms with E-state index in [1.165, 1.54) is 11.8 Å². The van der Waals surface area contributed by atoms with Crippen LogP contribution in [0.4, 0.5) is 10.5 Å². The van der Waals surface area contributed by atoms with Crippen molar-refractivity contribution in [2.75, 3.05) is 18.5 Å². The van der Waals surface area contributed by atoms with E-state index in [0.717, 1.165) is 5.56 Å². The molecule has 1 saturated heterocycles. The van der Waals surface area contributed by atoms with E-state index in [2.05, 4.69) is 10.6 Å². The largest absolute Gasteiger partial charge is 0.481 e. The molecule has 9 heteroatoms. The Kier molecular flexibility index (Phi) is 5.93. The monoisotopic (exact) mass is 349 g/mol. The van der Waals surface area contributed by atoms with E-state index < -0.39 is 24.0 Å². The minimum atomic E-state index is -1.02. The molecule has 1 heterocycles. The number of rotatable bonds is 7. The number of ether oxygens (including phenoxy) is 1. The van der Waals surface area contributed by atoms with Crippen LogP contribution in [-0.2, 0) is 25.7 Å². The fourth-order valence-electron chi connectivity index (χ4n) is 2.35. The number of hydrogen-bond donors (Lipinski definition) is 3. The van der Waals surface area contributed by atoms with Gasteiger partial charge in [-0.25, -0.2) is 4.79 Å². The normalized spacial score (nSPS) is 16.3. The number of aliphatic carboxylic acids is 1. The smallest absolute Gasteiger partial charge is 0.410 e. The zero-order valence-electron chi connectivity index (χ0n) is 13.7. The van der Waals surface area contributed by atoms with Gasteiger partial charge in [-0.1, -0.05) is 12.1 Å². The first-order valence-corrected chi connectivity index (χ1v) is 7.66. The van der Waals surface area contributed by atoms with Gasteiger partial charge in [0.2, 0.25) is 11.8 Å². The minimum absolute atomic E-state index is 0.0158. The van der Waals surface area contributed by atoms with Crippen LogP contribution in [0.5, 0.6) is 0 Å². The predicted molar refractivity (Wildman–Crippen MR) is 86.7 cm³/mol. The van der Waals surface area contributed by atoms with Crippen molar-refractivity contribution in [2.24, 2.45) is 0 Å². The summed E-state index contributed by atoms with van der Waals surface area (Å²) in [5.74, 6) is -1.66. The van der Waals surface area contributed by atoms with Crippen LogP contribution >= 0.6 is 0 Å². The lowest BCUT2D eigenvalue weighted by atomic mass is 10.1. The Morgan fingerprint density at radius 1 is 1.28 bits per heavy atom. The molecule has 1 fully saturated rings. The summed E-state index contributed by atoms with van der Waals surface area (Å²) in [6, 6.07) is 6.04. The van der Waals surface area contributed by atoms with Gasteiger partial charge in [0, 0.05) is 19.2 Å². The first-order valence-electron chi connectivity index (χ1n) is 7.66. The Hall–Kier alpha value is -3.10. The van der Waals surface area contributed by atoms with Crippen molar-refractivity contribution in [1.82, 2.24) is 10.2 Å². The second-order valence-corrected chi connectivity index (χ2v) is 5.53. The van der Waals surface area contributed by atoms with Gasteiger partial charge in [0.25, 0.3) is 0 Å². The molecule has 2 rings (SSSR count). The van der Waals surface area contributed by atoms with E-state index >= 15 is 0 Å². The Labute approximate surface area is 143 Å². The Bertz CT molecular complexity index is 673. The molecule has 0 aliphatic carbocycles. The van der Waals surface area contributed by atoms with Gasteiger partial charge in [-0.05, 0) is 17.7 Å². The van der Waals surface area contributed by atoms with Gasteiger partial charge < -0.3 is 20.5 Å². The Morgan fingerprint density at radius 2 is 1.96 bits per heavy atom. The van der Waals surface area contributed by atoms with Crippen molar-refractivity contribution in [3.63, 3.8) is 0 Å². The van der Waals surface area contributed by atoms with Gasteiger partial charge in [0.15, 0.2) is 0 Å². The summed E-state index contributed by atoms with van der Waals surface area (Å²) in [5.41, 5.74) is 1.39. The molecule has 0 bridgehead atoms. The number of nitrogens with one attached hydrogen (secondary N) is 2. The number of carboxylic acid groups (broad SMARTS) is 1. The summed E-state index contributed by atoms with van der Waals surface area (Å²) < 4.78 is 4.93. The highest BCUT2D eigenvalue weighted by Crippen LogP contribution is 2.18. The molecule has 1 atom stereocenters. The van der Waals surface area contributed by atoms with Gasteiger partial charge in [-0.3, -0.25) is 19.3 Å². The third-order valence-electron chi connectivity index (χ3n) is 3.54. The summed E-state index contributed by atoms with van der Waals surface area (Å²) in [5, 5.41) is 13.7. The van der Waals surface area contributed by atoms with E-state index in [0.29, 0.717) is 5.69 Å². The molecule has 1 aromatic carbocycles. The summed E-state index contributed by atoms with van der Waals surface area (Å²) in [7, 11) is 0. The molecular weight excluding hydrogens is 330 g/mol. The lowest BCUT2D eigenvalue weighted by Gasteiger charge is -2.20. The number of carbonyl (C=O) groups is 4. The first kappa shape index (κ1) is 18.2. The third kappa shape index (κ3) is 5.20. The van der Waals surface area contributed by atoms with Crippen molar-refractivity contribution < 1.29 is 29.0 Å². The highest BCUT2D eigenvalue weighted by molar-refractivity contribution is 5.89. The summed E-state index contributed by atoms with van der Waals surface area (Å²) in [6.45, 7) is 1.47. The maximum absolute atomic E-state index is 12.1. The molecule has 3 N–H and O–H groups in total. The third-order valence-corrected chi connectivity index (χ3v) is 3.54. The zero-order chi connectivity index (χ0) is 18.4. The zero-order valence-corrected chi connectivity index (χ0v) is 13.7. The van der Waals surface area contributed by atoms with Gasteiger partial charge in [0.1, 0.15) is 12.6 Å². The molecular formula is C16H19N3O6. The second kappa shape index (κ2) is 8.13. The molecule has 3 amide bonds. The molecule has 0 spiro atoms. The van der Waals surface area contributed by atoms with Crippen LogP contribution in [0, 0.1) is 0 Å². The number of hydrogen-bond acceptors (Lipinski definition) is 5. The number of nitrogens with zero attached hydrogens (tertiary/aromatic N) is 1. The van der Waals surface area contributed by atoms with Crippen molar-refractivity contribution in [2.45, 2.75) is 25.9 Å². The van der Waals surface area contributed by atoms with Crippen molar-refractivity contribution in [3.8, 4) is 0 Å². The molecule has 9 nitrogen and oxygen atoms in total. The number of benzene rings is 1. The van der Waals surface area contributed by atoms with Gasteiger partial charge in [0.05, 0.1) is 13.0 Å². The molecule has 0 unspecified atom stereocenters. The standard InChI is InChI=1S/C16H19N3O6/c1-10(20)18-12-4-2-11(3-5-12)8-19-13(9-25-16(19)24)15(23)17-7-6-14(21)22/h2-5,13H,6-9H2,1H3,(H,17,23)(H,18,20)(H,21,22)/t13-/m0/s1. The average molecular weight is 349 g/mol. The molecule has 25 heavy (non-hydrogen) atoms. The number of carbonyl (C=O) groups excluding carboxylic acids is 3. The molecule has 1 aliphatic rings. The highest BCUT2D eigenvalue weighted by Gasteiger charge is 2.37. The molecule has 1 aromatic rings. The van der Waals surface area contributed by atoms with E-state index in [1.807, 2.05) is 0 Å². The fourth-order valence-corrected chi connectivity index (χ4v) is 2.35. The first-order chi connectivity index (χ1) is 11.9. The minimum Gasteiger partial charge on any atom is -0.481 e. The molecule has 0 aromatic heterocycles. The van der Waals surface area contributed by atoms with Crippen LogP contribution in [-0.4, -0.2) is 53.1 Å². The topological polar surface area (TPSA) is 125 Å². The van der Waals surface area contributed by atoms with Crippen LogP contribution in [0.2, 0.25) is 0 Å². The number of anilines is 1. The van der Waals surface area contributed by atoms with Crippen molar-refractivity contribution >= 4 is 29.6 Å². The average Bonchev–Trinajstić information content (AvgIpc) is 2.89. The van der Waals surface area contributed by atoms with E-state index in [9.17, 15) is 19.2 Å². The van der Waals surface area contributed by atoms with E-state index in [1.54, 1.807) is 24.3 Å². The Morgan fingerprint density at radius 3 is 2.56 bits per heavy atom. The summed E-state index contributed by atoms with van der Waals surface area (Å²) in [4.78, 5) is 46.8. The molecule has 134 valence electrons. The molecule has 0 saturated carbocycles. The second-order valence-electron chi connectivity index (χ2n) is 5.53. The molecule has 1 aliphatic heterocycles. The SMILES string of the molecule is CC(=O)Nc1ccc(CN2C(=O)OC[C@H]2C(=O)NCCC(=O)O)cc1. The number of cyclic esters (lactones) is 1. The lowest BCUT2D eigenvalue weighted by Crippen LogP contribution is -2.45. The summed E-state index contributed by atoms with van der Waals surface area (Å²) >= 11 is 0. The van der Waals surface area contributed by atoms with Crippen LogP contribution in [0.3, 0.4) is 0 Å². The number of carboxylic acids is 1. The maximum Gasteiger partial charge on any atom is 0.410 e. The van der Waals surface area contributed by atoms with Crippen LogP contribution < -0.4 is 10.6 Å². The van der Waals surface area contributed by atoms with Gasteiger partial charge in [-0.2, -0.15) is 0 Å². The van der Waals surface area contributed by atoms with Gasteiger partial charge in [-0.15, -0.1) is 0 Å². The maximum atomic E-state index is 12.1. The Balaban J connectivity index is 1.98. The number of amides is 3. The summed E-state index contributed by atoms with van der Waals surface area (Å²) in [6.07, 6.45) is -0.804. The van der Waals surface area contributed by atoms with Crippen molar-refractivity contribution in [1.29, 1.82) is 0 Å². The van der Waals surface area contributed by atoms with Crippen LogP contribution in [0.25, 0.3) is 0 Å². The van der Waals surface area contributed by atoms with Gasteiger partial charge >= 0.3 is 12.1 Å². The molecule has 0 radical (unpaired) electrons. The lowest BCUT2D eigenvalue weighted by molar-refractivity contribution is -0.137. The van der Waals surface area contributed by atoms with Crippen molar-refractivity contribution in [3.05, 3.63) is 29.8 Å². The highest BCUT2D eigenvalue weighted by atomic mass is 16.6.